The van der Waals surface area contributed by atoms with Gasteiger partial charge in [0, 0.05) is 12.1 Å². The zero-order valence-corrected chi connectivity index (χ0v) is 19.3. The van der Waals surface area contributed by atoms with E-state index in [1.807, 2.05) is 28.8 Å². The fourth-order valence-corrected chi connectivity index (χ4v) is 4.05. The standard InChI is InChI=1S/C21H29N7O2S/c1-5-25(6-2)11-8-12-26-20(22-23-21(26)31)18-10-7-9-17(13-18)14-27-16(4)19(28(29)30)15(3)24-27/h7,9-10,13H,5-6,8,11-12,14H2,1-4H3,(H,23,31). The molecule has 31 heavy (non-hydrogen) atoms. The Morgan fingerprint density at radius 1 is 1.26 bits per heavy atom. The lowest BCUT2D eigenvalue weighted by Gasteiger charge is -2.18. The molecule has 2 heterocycles. The SMILES string of the molecule is CCN(CC)CCCn1c(-c2cccc(Cn3nc(C)c([N+](=O)[O-])c3C)c2)n[nH]c1=S. The number of hydrogen-bond acceptors (Lipinski definition) is 6. The molecule has 2 aromatic heterocycles. The average molecular weight is 444 g/mol. The van der Waals surface area contributed by atoms with Gasteiger partial charge in [-0.25, -0.2) is 0 Å². The van der Waals surface area contributed by atoms with Crippen molar-refractivity contribution in [2.24, 2.45) is 0 Å². The minimum atomic E-state index is -0.374. The maximum atomic E-state index is 11.3. The molecule has 0 aliphatic carbocycles. The van der Waals surface area contributed by atoms with Gasteiger partial charge in [-0.3, -0.25) is 19.9 Å². The minimum absolute atomic E-state index is 0.0743. The van der Waals surface area contributed by atoms with Crippen LogP contribution >= 0.6 is 12.2 Å². The third kappa shape index (κ3) is 5.08. The fourth-order valence-electron chi connectivity index (χ4n) is 3.83. The molecule has 166 valence electrons. The Kier molecular flexibility index (Phi) is 7.34. The Hall–Kier alpha value is -2.85. The Morgan fingerprint density at radius 2 is 2.00 bits per heavy atom. The molecule has 0 aliphatic heterocycles. The second-order valence-corrected chi connectivity index (χ2v) is 7.91. The lowest BCUT2D eigenvalue weighted by Crippen LogP contribution is -2.25. The summed E-state index contributed by atoms with van der Waals surface area (Å²) in [4.78, 5) is 13.3. The summed E-state index contributed by atoms with van der Waals surface area (Å²) in [5.41, 5.74) is 2.98. The lowest BCUT2D eigenvalue weighted by molar-refractivity contribution is -0.386. The average Bonchev–Trinajstić information content (AvgIpc) is 3.24. The quantitative estimate of drug-likeness (QED) is 0.288. The van der Waals surface area contributed by atoms with Crippen LogP contribution in [0.25, 0.3) is 11.4 Å². The number of aromatic nitrogens is 5. The minimum Gasteiger partial charge on any atom is -0.304 e. The molecule has 0 aliphatic rings. The largest absolute Gasteiger partial charge is 0.312 e. The van der Waals surface area contributed by atoms with Crippen LogP contribution in [0.15, 0.2) is 24.3 Å². The topological polar surface area (TPSA) is 97.8 Å². The third-order valence-corrected chi connectivity index (χ3v) is 5.86. The van der Waals surface area contributed by atoms with E-state index in [1.165, 1.54) is 0 Å². The van der Waals surface area contributed by atoms with Crippen molar-refractivity contribution in [2.45, 2.75) is 47.2 Å². The molecule has 3 rings (SSSR count). The van der Waals surface area contributed by atoms with Gasteiger partial charge in [-0.15, -0.1) is 0 Å². The summed E-state index contributed by atoms with van der Waals surface area (Å²) >= 11 is 5.46. The molecule has 3 aromatic rings. The van der Waals surface area contributed by atoms with Crippen LogP contribution in [0.4, 0.5) is 5.69 Å². The highest BCUT2D eigenvalue weighted by Crippen LogP contribution is 2.24. The normalized spacial score (nSPS) is 11.4. The van der Waals surface area contributed by atoms with Crippen molar-refractivity contribution in [2.75, 3.05) is 19.6 Å². The first-order valence-electron chi connectivity index (χ1n) is 10.5. The molecule has 0 saturated carbocycles. The van der Waals surface area contributed by atoms with Crippen LogP contribution in [-0.4, -0.2) is 54.0 Å². The first-order chi connectivity index (χ1) is 14.8. The summed E-state index contributed by atoms with van der Waals surface area (Å²) in [6.45, 7) is 12.0. The summed E-state index contributed by atoms with van der Waals surface area (Å²) < 4.78 is 4.31. The van der Waals surface area contributed by atoms with E-state index in [-0.39, 0.29) is 10.6 Å². The number of nitro groups is 1. The summed E-state index contributed by atoms with van der Waals surface area (Å²) in [6, 6.07) is 7.98. The number of H-pyrrole nitrogens is 1. The number of nitrogens with zero attached hydrogens (tertiary/aromatic N) is 6. The van der Waals surface area contributed by atoms with Crippen molar-refractivity contribution in [3.05, 3.63) is 56.1 Å². The molecule has 1 aromatic carbocycles. The van der Waals surface area contributed by atoms with Gasteiger partial charge in [0.1, 0.15) is 11.4 Å². The van der Waals surface area contributed by atoms with Gasteiger partial charge in [0.05, 0.1) is 11.5 Å². The second kappa shape index (κ2) is 9.97. The second-order valence-electron chi connectivity index (χ2n) is 7.52. The van der Waals surface area contributed by atoms with Crippen molar-refractivity contribution >= 4 is 17.9 Å². The Bertz CT molecular complexity index is 1110. The molecule has 0 spiro atoms. The van der Waals surface area contributed by atoms with Crippen molar-refractivity contribution < 1.29 is 4.92 Å². The van der Waals surface area contributed by atoms with Gasteiger partial charge in [-0.1, -0.05) is 32.0 Å². The first-order valence-corrected chi connectivity index (χ1v) is 10.9. The molecule has 10 heteroatoms. The summed E-state index contributed by atoms with van der Waals surface area (Å²) in [5, 5.41) is 23.0. The number of nitrogens with one attached hydrogen (secondary N) is 1. The maximum Gasteiger partial charge on any atom is 0.312 e. The zero-order chi connectivity index (χ0) is 22.5. The van der Waals surface area contributed by atoms with E-state index < -0.39 is 0 Å². The number of aryl methyl sites for hydroxylation is 1. The number of rotatable bonds is 10. The first kappa shape index (κ1) is 22.8. The summed E-state index contributed by atoms with van der Waals surface area (Å²) in [7, 11) is 0. The van der Waals surface area contributed by atoms with Crippen molar-refractivity contribution in [3.8, 4) is 11.4 Å². The van der Waals surface area contributed by atoms with Crippen LogP contribution in [0.3, 0.4) is 0 Å². The Morgan fingerprint density at radius 3 is 2.65 bits per heavy atom. The van der Waals surface area contributed by atoms with Crippen LogP contribution in [0.5, 0.6) is 0 Å². The number of hydrogen-bond donors (Lipinski definition) is 1. The van der Waals surface area contributed by atoms with Gasteiger partial charge < -0.3 is 9.47 Å². The maximum absolute atomic E-state index is 11.3. The van der Waals surface area contributed by atoms with E-state index in [2.05, 4.69) is 34.0 Å². The molecule has 0 amide bonds. The predicted octanol–water partition coefficient (Wildman–Crippen LogP) is 4.11. The summed E-state index contributed by atoms with van der Waals surface area (Å²) in [6.07, 6.45) is 0.984. The molecule has 0 fully saturated rings. The van der Waals surface area contributed by atoms with Gasteiger partial charge in [0.15, 0.2) is 10.6 Å². The van der Waals surface area contributed by atoms with E-state index in [0.29, 0.717) is 22.7 Å². The van der Waals surface area contributed by atoms with Crippen molar-refractivity contribution in [3.63, 3.8) is 0 Å². The monoisotopic (exact) mass is 443 g/mol. The van der Waals surface area contributed by atoms with Gasteiger partial charge in [0.25, 0.3) is 0 Å². The van der Waals surface area contributed by atoms with Crippen LogP contribution in [0, 0.1) is 28.7 Å². The molecule has 1 N–H and O–H groups in total. The Balaban J connectivity index is 1.82. The van der Waals surface area contributed by atoms with Crippen LogP contribution < -0.4 is 0 Å². The van der Waals surface area contributed by atoms with Crippen LogP contribution in [-0.2, 0) is 13.1 Å². The highest BCUT2D eigenvalue weighted by Gasteiger charge is 2.21. The molecule has 0 atom stereocenters. The van der Waals surface area contributed by atoms with Gasteiger partial charge in [-0.2, -0.15) is 10.2 Å². The molecule has 0 saturated heterocycles. The van der Waals surface area contributed by atoms with E-state index in [0.717, 1.165) is 49.6 Å². The highest BCUT2D eigenvalue weighted by atomic mass is 32.1. The van der Waals surface area contributed by atoms with E-state index >= 15 is 0 Å². The number of aromatic amines is 1. The molecular weight excluding hydrogens is 414 g/mol. The van der Waals surface area contributed by atoms with Crippen LogP contribution in [0.2, 0.25) is 0 Å². The van der Waals surface area contributed by atoms with E-state index in [9.17, 15) is 10.1 Å². The fraction of sp³-hybridized carbons (Fsp3) is 0.476. The molecule has 0 unspecified atom stereocenters. The van der Waals surface area contributed by atoms with Gasteiger partial charge >= 0.3 is 5.69 Å². The Labute approximate surface area is 186 Å². The van der Waals surface area contributed by atoms with E-state index in [1.54, 1.807) is 18.5 Å². The molecule has 0 radical (unpaired) electrons. The third-order valence-electron chi connectivity index (χ3n) is 5.55. The van der Waals surface area contributed by atoms with Crippen molar-refractivity contribution in [1.82, 2.24) is 29.4 Å². The molecule has 9 nitrogen and oxygen atoms in total. The smallest absolute Gasteiger partial charge is 0.304 e. The highest BCUT2D eigenvalue weighted by molar-refractivity contribution is 7.71. The molecular formula is C21H29N7O2S. The van der Waals surface area contributed by atoms with Gasteiger partial charge in [0.2, 0.25) is 0 Å². The van der Waals surface area contributed by atoms with Crippen LogP contribution in [0.1, 0.15) is 37.2 Å². The number of benzene rings is 1. The predicted molar refractivity (Wildman–Crippen MR) is 123 cm³/mol. The van der Waals surface area contributed by atoms with Gasteiger partial charge in [-0.05, 0) is 63.8 Å². The summed E-state index contributed by atoms with van der Waals surface area (Å²) in [5.74, 6) is 0.797. The lowest BCUT2D eigenvalue weighted by atomic mass is 10.1. The van der Waals surface area contributed by atoms with E-state index in [4.69, 9.17) is 12.2 Å². The van der Waals surface area contributed by atoms with Crippen molar-refractivity contribution in [1.29, 1.82) is 0 Å². The molecule has 0 bridgehead atoms. The zero-order valence-electron chi connectivity index (χ0n) is 18.5.